The van der Waals surface area contributed by atoms with Gasteiger partial charge in [0.05, 0.1) is 19.2 Å². The molecule has 21 heavy (non-hydrogen) atoms. The number of carboxylic acids is 1. The molecule has 0 unspecified atom stereocenters. The smallest absolute Gasteiger partial charge is 0.305 e. The summed E-state index contributed by atoms with van der Waals surface area (Å²) in [6.45, 7) is 3.38. The van der Waals surface area contributed by atoms with Crippen molar-refractivity contribution in [3.05, 3.63) is 12.4 Å². The van der Waals surface area contributed by atoms with Gasteiger partial charge in [0.15, 0.2) is 0 Å². The average molecular weight is 315 g/mol. The first-order valence-corrected chi connectivity index (χ1v) is 8.62. The fourth-order valence-electron chi connectivity index (χ4n) is 2.52. The highest BCUT2D eigenvalue weighted by Gasteiger charge is 2.29. The van der Waals surface area contributed by atoms with Crippen LogP contribution in [-0.4, -0.2) is 46.7 Å². The van der Waals surface area contributed by atoms with Crippen molar-refractivity contribution in [2.75, 3.05) is 13.1 Å². The molecule has 0 bridgehead atoms. The van der Waals surface area contributed by atoms with E-state index in [2.05, 4.69) is 12.0 Å². The van der Waals surface area contributed by atoms with Crippen LogP contribution in [0.1, 0.15) is 32.6 Å². The Morgan fingerprint density at radius 3 is 2.67 bits per heavy atom. The summed E-state index contributed by atoms with van der Waals surface area (Å²) < 4.78 is 27.8. The summed E-state index contributed by atoms with van der Waals surface area (Å²) in [5.41, 5.74) is 0. The minimum absolute atomic E-state index is 0.0803. The maximum Gasteiger partial charge on any atom is 0.305 e. The molecule has 0 spiro atoms. The lowest BCUT2D eigenvalue weighted by molar-refractivity contribution is -0.137. The van der Waals surface area contributed by atoms with Gasteiger partial charge in [-0.1, -0.05) is 13.3 Å². The number of sulfonamides is 1. The summed E-state index contributed by atoms with van der Waals surface area (Å²) >= 11 is 0. The topological polar surface area (TPSA) is 92.5 Å². The maximum atomic E-state index is 12.5. The zero-order chi connectivity index (χ0) is 15.5. The van der Waals surface area contributed by atoms with Crippen molar-refractivity contribution in [3.8, 4) is 0 Å². The molecule has 8 heteroatoms. The molecule has 1 aromatic heterocycles. The van der Waals surface area contributed by atoms with Crippen LogP contribution in [0, 0.1) is 5.92 Å². The van der Waals surface area contributed by atoms with Crippen molar-refractivity contribution in [2.45, 2.75) is 44.0 Å². The van der Waals surface area contributed by atoms with Crippen LogP contribution >= 0.6 is 0 Å². The molecule has 1 saturated heterocycles. The zero-order valence-electron chi connectivity index (χ0n) is 12.1. The molecule has 0 aliphatic carbocycles. The first kappa shape index (κ1) is 16.0. The monoisotopic (exact) mass is 315 g/mol. The van der Waals surface area contributed by atoms with Gasteiger partial charge in [-0.15, -0.1) is 0 Å². The second-order valence-corrected chi connectivity index (χ2v) is 7.28. The van der Waals surface area contributed by atoms with Gasteiger partial charge in [-0.05, 0) is 18.8 Å². The number of aromatic nitrogens is 2. The van der Waals surface area contributed by atoms with Gasteiger partial charge in [0.1, 0.15) is 4.90 Å². The molecule has 118 valence electrons. The van der Waals surface area contributed by atoms with Crippen molar-refractivity contribution in [1.82, 2.24) is 14.1 Å². The van der Waals surface area contributed by atoms with Gasteiger partial charge in [0, 0.05) is 19.3 Å². The summed E-state index contributed by atoms with van der Waals surface area (Å²) in [5.74, 6) is -0.328. The Hall–Kier alpha value is -1.41. The maximum absolute atomic E-state index is 12.5. The molecule has 0 saturated carbocycles. The summed E-state index contributed by atoms with van der Waals surface area (Å²) in [4.78, 5) is 10.7. The summed E-state index contributed by atoms with van der Waals surface area (Å²) in [6.07, 6.45) is 5.49. The van der Waals surface area contributed by atoms with E-state index in [9.17, 15) is 13.2 Å². The predicted molar refractivity (Wildman–Crippen MR) is 76.3 cm³/mol. The summed E-state index contributed by atoms with van der Waals surface area (Å²) in [6, 6.07) is 0. The normalized spacial score (nSPS) is 18.0. The molecule has 0 aromatic carbocycles. The number of carbonyl (C=O) groups is 1. The molecule has 0 radical (unpaired) electrons. The first-order valence-electron chi connectivity index (χ1n) is 7.18. The number of rotatable bonds is 6. The molecule has 2 heterocycles. The van der Waals surface area contributed by atoms with Crippen LogP contribution in [-0.2, 0) is 21.4 Å². The molecule has 0 amide bonds. The second-order valence-electron chi connectivity index (χ2n) is 5.34. The van der Waals surface area contributed by atoms with E-state index in [0.717, 1.165) is 19.3 Å². The Balaban J connectivity index is 2.04. The van der Waals surface area contributed by atoms with Crippen molar-refractivity contribution in [2.24, 2.45) is 5.92 Å². The quantitative estimate of drug-likeness (QED) is 0.850. The van der Waals surface area contributed by atoms with E-state index in [1.807, 2.05) is 0 Å². The van der Waals surface area contributed by atoms with Crippen molar-refractivity contribution in [1.29, 1.82) is 0 Å². The zero-order valence-corrected chi connectivity index (χ0v) is 12.9. The van der Waals surface area contributed by atoms with Gasteiger partial charge in [-0.25, -0.2) is 8.42 Å². The Morgan fingerprint density at radius 1 is 1.43 bits per heavy atom. The van der Waals surface area contributed by atoms with Crippen LogP contribution in [0.3, 0.4) is 0 Å². The molecular formula is C13H21N3O4S. The molecule has 7 nitrogen and oxygen atoms in total. The number of hydrogen-bond acceptors (Lipinski definition) is 4. The number of aliphatic carboxylic acids is 1. The predicted octanol–water partition coefficient (Wildman–Crippen LogP) is 1.17. The van der Waals surface area contributed by atoms with E-state index < -0.39 is 16.0 Å². The fraction of sp³-hybridized carbons (Fsp3) is 0.692. The highest BCUT2D eigenvalue weighted by molar-refractivity contribution is 7.89. The van der Waals surface area contributed by atoms with Gasteiger partial charge in [-0.2, -0.15) is 9.40 Å². The molecule has 1 fully saturated rings. The van der Waals surface area contributed by atoms with Crippen molar-refractivity contribution in [3.63, 3.8) is 0 Å². The van der Waals surface area contributed by atoms with Gasteiger partial charge >= 0.3 is 5.97 Å². The van der Waals surface area contributed by atoms with Gasteiger partial charge in [-0.3, -0.25) is 9.48 Å². The van der Waals surface area contributed by atoms with Crippen LogP contribution < -0.4 is 0 Å². The van der Waals surface area contributed by atoms with Gasteiger partial charge in [0.25, 0.3) is 0 Å². The van der Waals surface area contributed by atoms with E-state index in [4.69, 9.17) is 5.11 Å². The fourth-order valence-corrected chi connectivity index (χ4v) is 3.94. The Morgan fingerprint density at radius 2 is 2.10 bits per heavy atom. The summed E-state index contributed by atoms with van der Waals surface area (Å²) in [7, 11) is -3.51. The van der Waals surface area contributed by atoms with Crippen LogP contribution in [0.2, 0.25) is 0 Å². The SMILES string of the molecule is CCC1CCN(S(=O)(=O)c2cnn(CCC(=O)O)c2)CC1. The Kier molecular flexibility index (Phi) is 5.00. The lowest BCUT2D eigenvalue weighted by Crippen LogP contribution is -2.38. The van der Waals surface area contributed by atoms with E-state index in [1.165, 1.54) is 21.4 Å². The van der Waals surface area contributed by atoms with Gasteiger partial charge in [0.2, 0.25) is 10.0 Å². The average Bonchev–Trinajstić information content (AvgIpc) is 2.95. The van der Waals surface area contributed by atoms with Crippen LogP contribution in [0.4, 0.5) is 0 Å². The largest absolute Gasteiger partial charge is 0.481 e. The van der Waals surface area contributed by atoms with Crippen LogP contribution in [0.5, 0.6) is 0 Å². The summed E-state index contributed by atoms with van der Waals surface area (Å²) in [5, 5.41) is 12.6. The number of carboxylic acid groups (broad SMARTS) is 1. The lowest BCUT2D eigenvalue weighted by Gasteiger charge is -2.30. The Labute approximate surface area is 124 Å². The molecule has 1 N–H and O–H groups in total. The highest BCUT2D eigenvalue weighted by Crippen LogP contribution is 2.25. The lowest BCUT2D eigenvalue weighted by atomic mass is 9.96. The minimum Gasteiger partial charge on any atom is -0.481 e. The van der Waals surface area contributed by atoms with E-state index in [0.29, 0.717) is 19.0 Å². The third-order valence-corrected chi connectivity index (χ3v) is 5.80. The molecule has 1 aromatic rings. The van der Waals surface area contributed by atoms with Crippen molar-refractivity contribution >= 4 is 16.0 Å². The standard InChI is InChI=1S/C13H21N3O4S/c1-2-11-3-7-16(8-4-11)21(19,20)12-9-14-15(10-12)6-5-13(17)18/h9-11H,2-8H2,1H3,(H,17,18). The van der Waals surface area contributed by atoms with Crippen molar-refractivity contribution < 1.29 is 18.3 Å². The third-order valence-electron chi connectivity index (χ3n) is 3.95. The minimum atomic E-state index is -3.51. The van der Waals surface area contributed by atoms with Crippen LogP contribution in [0.15, 0.2) is 17.3 Å². The number of hydrogen-bond donors (Lipinski definition) is 1. The second kappa shape index (κ2) is 6.57. The number of piperidine rings is 1. The van der Waals surface area contributed by atoms with E-state index in [1.54, 1.807) is 0 Å². The third kappa shape index (κ3) is 3.82. The molecule has 1 aliphatic heterocycles. The van der Waals surface area contributed by atoms with Crippen LogP contribution in [0.25, 0.3) is 0 Å². The molecular weight excluding hydrogens is 294 g/mol. The highest BCUT2D eigenvalue weighted by atomic mass is 32.2. The Bertz CT molecular complexity index is 588. The van der Waals surface area contributed by atoms with E-state index >= 15 is 0 Å². The number of aryl methyl sites for hydroxylation is 1. The van der Waals surface area contributed by atoms with Gasteiger partial charge < -0.3 is 5.11 Å². The molecule has 0 atom stereocenters. The number of nitrogens with zero attached hydrogens (tertiary/aromatic N) is 3. The first-order chi connectivity index (χ1) is 9.93. The molecule has 2 rings (SSSR count). The molecule has 1 aliphatic rings. The van der Waals surface area contributed by atoms with E-state index in [-0.39, 0.29) is 17.9 Å².